The van der Waals surface area contributed by atoms with Crippen molar-refractivity contribution in [1.29, 1.82) is 0 Å². The van der Waals surface area contributed by atoms with E-state index < -0.39 is 0 Å². The number of hydrogen-bond acceptors (Lipinski definition) is 3. The van der Waals surface area contributed by atoms with E-state index in [-0.39, 0.29) is 6.03 Å². The van der Waals surface area contributed by atoms with Crippen molar-refractivity contribution < 1.29 is 9.53 Å². The number of ether oxygens (including phenoxy) is 1. The van der Waals surface area contributed by atoms with Crippen LogP contribution in [0.3, 0.4) is 0 Å². The topological polar surface area (TPSA) is 68.2 Å². The zero-order chi connectivity index (χ0) is 16.1. The van der Waals surface area contributed by atoms with Crippen LogP contribution in [0.2, 0.25) is 0 Å². The highest BCUT2D eigenvalue weighted by Crippen LogP contribution is 2.11. The van der Waals surface area contributed by atoms with Gasteiger partial charge in [-0.25, -0.2) is 19.9 Å². The number of carbonyl (C=O) groups is 1. The SMILES string of the molecule is COc1ccc(CCNC(=O)Nn2cnc3ccccc32)cc1. The van der Waals surface area contributed by atoms with Crippen molar-refractivity contribution in [3.63, 3.8) is 0 Å². The maximum Gasteiger partial charge on any atom is 0.333 e. The fourth-order valence-electron chi connectivity index (χ4n) is 2.31. The molecule has 3 rings (SSSR count). The Kier molecular flexibility index (Phi) is 4.42. The molecule has 2 amide bonds. The van der Waals surface area contributed by atoms with E-state index in [0.29, 0.717) is 6.54 Å². The third kappa shape index (κ3) is 3.60. The zero-order valence-corrected chi connectivity index (χ0v) is 12.8. The predicted octanol–water partition coefficient (Wildman–Crippen LogP) is 2.54. The van der Waals surface area contributed by atoms with Crippen LogP contribution in [0.25, 0.3) is 11.0 Å². The fourth-order valence-corrected chi connectivity index (χ4v) is 2.31. The number of hydrogen-bond donors (Lipinski definition) is 2. The number of methoxy groups -OCH3 is 1. The molecule has 0 unspecified atom stereocenters. The number of aromatic nitrogens is 2. The lowest BCUT2D eigenvalue weighted by Crippen LogP contribution is -2.35. The van der Waals surface area contributed by atoms with Gasteiger partial charge in [-0.05, 0) is 36.2 Å². The Morgan fingerprint density at radius 1 is 1.17 bits per heavy atom. The molecule has 6 heteroatoms. The molecule has 3 aromatic rings. The predicted molar refractivity (Wildman–Crippen MR) is 89.2 cm³/mol. The standard InChI is InChI=1S/C17H18N4O2/c1-23-14-8-6-13(7-9-14)10-11-18-17(22)20-21-12-19-15-4-2-3-5-16(15)21/h2-9,12H,10-11H2,1H3,(H2,18,20,22). The number of carbonyl (C=O) groups excluding carboxylic acids is 1. The number of benzene rings is 2. The highest BCUT2D eigenvalue weighted by molar-refractivity contribution is 5.85. The molecule has 0 aliphatic heterocycles. The first-order valence-corrected chi connectivity index (χ1v) is 7.36. The number of rotatable bonds is 5. The summed E-state index contributed by atoms with van der Waals surface area (Å²) in [7, 11) is 1.64. The molecular weight excluding hydrogens is 292 g/mol. The van der Waals surface area contributed by atoms with Gasteiger partial charge in [-0.3, -0.25) is 0 Å². The summed E-state index contributed by atoms with van der Waals surface area (Å²) >= 11 is 0. The molecule has 0 atom stereocenters. The number of urea groups is 1. The molecule has 0 bridgehead atoms. The van der Waals surface area contributed by atoms with E-state index in [9.17, 15) is 4.79 Å². The van der Waals surface area contributed by atoms with E-state index in [2.05, 4.69) is 15.7 Å². The Morgan fingerprint density at radius 3 is 2.74 bits per heavy atom. The minimum atomic E-state index is -0.262. The van der Waals surface area contributed by atoms with E-state index in [1.165, 1.54) is 0 Å². The van der Waals surface area contributed by atoms with Crippen LogP contribution in [0.4, 0.5) is 4.79 Å². The third-order valence-corrected chi connectivity index (χ3v) is 3.53. The number of para-hydroxylation sites is 2. The van der Waals surface area contributed by atoms with Gasteiger partial charge in [0.1, 0.15) is 12.1 Å². The minimum absolute atomic E-state index is 0.262. The van der Waals surface area contributed by atoms with Gasteiger partial charge in [0.25, 0.3) is 0 Å². The molecule has 1 heterocycles. The first-order valence-electron chi connectivity index (χ1n) is 7.36. The van der Waals surface area contributed by atoms with E-state index >= 15 is 0 Å². The number of imidazole rings is 1. The Labute approximate surface area is 134 Å². The molecule has 2 N–H and O–H groups in total. The highest BCUT2D eigenvalue weighted by Gasteiger charge is 2.05. The summed E-state index contributed by atoms with van der Waals surface area (Å²) in [5, 5.41) is 2.83. The summed E-state index contributed by atoms with van der Waals surface area (Å²) in [5.74, 6) is 0.825. The summed E-state index contributed by atoms with van der Waals surface area (Å²) in [6.45, 7) is 0.546. The second-order valence-electron chi connectivity index (χ2n) is 5.07. The van der Waals surface area contributed by atoms with Crippen molar-refractivity contribution in [2.45, 2.75) is 6.42 Å². The second kappa shape index (κ2) is 6.83. The van der Waals surface area contributed by atoms with Gasteiger partial charge in [-0.1, -0.05) is 24.3 Å². The van der Waals surface area contributed by atoms with E-state index in [0.717, 1.165) is 28.8 Å². The molecule has 0 fully saturated rings. The molecule has 0 aliphatic rings. The molecule has 0 spiro atoms. The number of nitrogens with zero attached hydrogens (tertiary/aromatic N) is 2. The van der Waals surface area contributed by atoms with Crippen molar-refractivity contribution in [3.8, 4) is 5.75 Å². The summed E-state index contributed by atoms with van der Waals surface area (Å²) in [4.78, 5) is 16.2. The Balaban J connectivity index is 1.51. The smallest absolute Gasteiger partial charge is 0.333 e. The van der Waals surface area contributed by atoms with Gasteiger partial charge in [0.15, 0.2) is 0 Å². The Morgan fingerprint density at radius 2 is 1.96 bits per heavy atom. The fraction of sp³-hybridized carbons (Fsp3) is 0.176. The average molecular weight is 310 g/mol. The van der Waals surface area contributed by atoms with Gasteiger partial charge < -0.3 is 10.1 Å². The van der Waals surface area contributed by atoms with Crippen molar-refractivity contribution in [2.75, 3.05) is 19.1 Å². The Hall–Kier alpha value is -3.02. The molecule has 0 aliphatic carbocycles. The van der Waals surface area contributed by atoms with Crippen LogP contribution in [0.1, 0.15) is 5.56 Å². The van der Waals surface area contributed by atoms with Gasteiger partial charge in [0, 0.05) is 6.54 Å². The largest absolute Gasteiger partial charge is 0.497 e. The first-order chi connectivity index (χ1) is 11.3. The van der Waals surface area contributed by atoms with Crippen LogP contribution in [-0.4, -0.2) is 29.3 Å². The maximum atomic E-state index is 12.0. The first kappa shape index (κ1) is 14.9. The second-order valence-corrected chi connectivity index (χ2v) is 5.07. The molecule has 0 radical (unpaired) electrons. The monoisotopic (exact) mass is 310 g/mol. The van der Waals surface area contributed by atoms with Crippen LogP contribution >= 0.6 is 0 Å². The number of nitrogens with one attached hydrogen (secondary N) is 2. The zero-order valence-electron chi connectivity index (χ0n) is 12.8. The quantitative estimate of drug-likeness (QED) is 0.761. The van der Waals surface area contributed by atoms with Crippen LogP contribution in [0.15, 0.2) is 54.9 Å². The van der Waals surface area contributed by atoms with Crippen molar-refractivity contribution in [3.05, 3.63) is 60.4 Å². The van der Waals surface area contributed by atoms with Gasteiger partial charge in [0.2, 0.25) is 0 Å². The van der Waals surface area contributed by atoms with Crippen molar-refractivity contribution in [2.24, 2.45) is 0 Å². The van der Waals surface area contributed by atoms with Crippen LogP contribution < -0.4 is 15.5 Å². The lowest BCUT2D eigenvalue weighted by atomic mass is 10.1. The van der Waals surface area contributed by atoms with E-state index in [4.69, 9.17) is 4.74 Å². The van der Waals surface area contributed by atoms with E-state index in [1.807, 2.05) is 48.5 Å². The molecule has 1 aromatic heterocycles. The lowest BCUT2D eigenvalue weighted by Gasteiger charge is -2.09. The van der Waals surface area contributed by atoms with Gasteiger partial charge in [-0.2, -0.15) is 0 Å². The normalized spacial score (nSPS) is 10.5. The molecule has 23 heavy (non-hydrogen) atoms. The van der Waals surface area contributed by atoms with Gasteiger partial charge in [-0.15, -0.1) is 0 Å². The van der Waals surface area contributed by atoms with Crippen molar-refractivity contribution >= 4 is 17.1 Å². The van der Waals surface area contributed by atoms with Gasteiger partial charge in [0.05, 0.1) is 18.1 Å². The lowest BCUT2D eigenvalue weighted by molar-refractivity contribution is 0.250. The van der Waals surface area contributed by atoms with Crippen LogP contribution in [-0.2, 0) is 6.42 Å². The van der Waals surface area contributed by atoms with Crippen molar-refractivity contribution in [1.82, 2.24) is 15.0 Å². The summed E-state index contributed by atoms with van der Waals surface area (Å²) in [6, 6.07) is 15.2. The molecule has 0 saturated heterocycles. The molecule has 118 valence electrons. The molecule has 2 aromatic carbocycles. The number of fused-ring (bicyclic) bond motifs is 1. The summed E-state index contributed by atoms with van der Waals surface area (Å²) in [5.41, 5.74) is 5.59. The molecular formula is C17H18N4O2. The summed E-state index contributed by atoms with van der Waals surface area (Å²) in [6.07, 6.45) is 2.34. The average Bonchev–Trinajstić information content (AvgIpc) is 2.99. The maximum absolute atomic E-state index is 12.0. The Bertz CT molecular complexity index is 796. The third-order valence-electron chi connectivity index (χ3n) is 3.53. The van der Waals surface area contributed by atoms with E-state index in [1.54, 1.807) is 18.1 Å². The summed E-state index contributed by atoms with van der Waals surface area (Å²) < 4.78 is 6.73. The molecule has 6 nitrogen and oxygen atoms in total. The highest BCUT2D eigenvalue weighted by atomic mass is 16.5. The van der Waals surface area contributed by atoms with Crippen LogP contribution in [0.5, 0.6) is 5.75 Å². The van der Waals surface area contributed by atoms with Crippen LogP contribution in [0, 0.1) is 0 Å². The molecule has 0 saturated carbocycles. The minimum Gasteiger partial charge on any atom is -0.497 e. The number of amides is 2. The van der Waals surface area contributed by atoms with Gasteiger partial charge >= 0.3 is 6.03 Å².